The van der Waals surface area contributed by atoms with Crippen LogP contribution in [-0.2, 0) is 0 Å². The Labute approximate surface area is 117 Å². The predicted octanol–water partition coefficient (Wildman–Crippen LogP) is 4.88. The van der Waals surface area contributed by atoms with Gasteiger partial charge in [0.25, 0.3) is 0 Å². The Morgan fingerprint density at radius 3 is 1.56 bits per heavy atom. The van der Waals surface area contributed by atoms with Crippen LogP contribution in [-0.4, -0.2) is 8.83 Å². The lowest BCUT2D eigenvalue weighted by Crippen LogP contribution is -2.20. The van der Waals surface area contributed by atoms with Crippen LogP contribution in [0.5, 0.6) is 0 Å². The van der Waals surface area contributed by atoms with Gasteiger partial charge in [0, 0.05) is 5.92 Å². The topological polar surface area (TPSA) is 0 Å². The number of halogens is 1. The molecule has 0 atom stereocenters. The normalized spacial score (nSPS) is 11.8. The zero-order chi connectivity index (χ0) is 13.0. The van der Waals surface area contributed by atoms with Crippen molar-refractivity contribution in [2.45, 2.75) is 24.8 Å². The molecular formula is C16H17ClSi. The maximum atomic E-state index is 6.22. The highest BCUT2D eigenvalue weighted by molar-refractivity contribution is 6.95. The van der Waals surface area contributed by atoms with E-state index in [1.807, 2.05) is 0 Å². The van der Waals surface area contributed by atoms with E-state index in [2.05, 4.69) is 74.5 Å². The molecule has 92 valence electrons. The highest BCUT2D eigenvalue weighted by Crippen LogP contribution is 2.46. The van der Waals surface area contributed by atoms with Crippen LogP contribution >= 0.6 is 11.1 Å². The first kappa shape index (κ1) is 13.4. The van der Waals surface area contributed by atoms with Crippen LogP contribution in [0.1, 0.15) is 30.9 Å². The average Bonchev–Trinajstić information content (AvgIpc) is 2.41. The lowest BCUT2D eigenvalue weighted by atomic mass is 9.82. The van der Waals surface area contributed by atoms with Crippen LogP contribution in [0.25, 0.3) is 0 Å². The first-order chi connectivity index (χ1) is 8.65. The Kier molecular flexibility index (Phi) is 4.26. The molecule has 0 amide bonds. The van der Waals surface area contributed by atoms with E-state index >= 15 is 0 Å². The minimum Gasteiger partial charge on any atom is -0.171 e. The summed E-state index contributed by atoms with van der Waals surface area (Å²) in [6, 6.07) is 21.3. The molecule has 0 heterocycles. The molecule has 0 unspecified atom stereocenters. The summed E-state index contributed by atoms with van der Waals surface area (Å²) in [5.41, 5.74) is 2.67. The van der Waals surface area contributed by atoms with Gasteiger partial charge in [-0.2, -0.15) is 11.1 Å². The van der Waals surface area contributed by atoms with Gasteiger partial charge in [0.1, 0.15) is 0 Å². The van der Waals surface area contributed by atoms with Crippen LogP contribution in [0.2, 0.25) is 5.04 Å². The molecule has 0 saturated carbocycles. The number of rotatable bonds is 4. The third kappa shape index (κ3) is 2.85. The Morgan fingerprint density at radius 1 is 0.833 bits per heavy atom. The van der Waals surface area contributed by atoms with Crippen LogP contribution in [0, 0.1) is 0 Å². The second-order valence-electron chi connectivity index (χ2n) is 5.07. The zero-order valence-electron chi connectivity index (χ0n) is 10.7. The van der Waals surface area contributed by atoms with Crippen molar-refractivity contribution in [1.82, 2.24) is 0 Å². The quantitative estimate of drug-likeness (QED) is 0.550. The fourth-order valence-electron chi connectivity index (χ4n) is 2.37. The maximum Gasteiger partial charge on any atom is 0.179 e. The van der Waals surface area contributed by atoms with E-state index < -0.39 is 0 Å². The van der Waals surface area contributed by atoms with Crippen molar-refractivity contribution in [1.29, 1.82) is 0 Å². The molecule has 2 heteroatoms. The van der Waals surface area contributed by atoms with Crippen molar-refractivity contribution < 1.29 is 0 Å². The lowest BCUT2D eigenvalue weighted by Gasteiger charge is -2.32. The molecule has 0 nitrogen and oxygen atoms in total. The van der Waals surface area contributed by atoms with Gasteiger partial charge in [-0.15, -0.1) is 0 Å². The van der Waals surface area contributed by atoms with Crippen LogP contribution in [0.15, 0.2) is 60.7 Å². The maximum absolute atomic E-state index is 6.22. The van der Waals surface area contributed by atoms with Crippen molar-refractivity contribution in [2.75, 3.05) is 0 Å². The summed E-state index contributed by atoms with van der Waals surface area (Å²) in [5.74, 6) is 0.343. The van der Waals surface area contributed by atoms with Gasteiger partial charge in [-0.3, -0.25) is 0 Å². The third-order valence-corrected chi connectivity index (χ3v) is 5.47. The molecule has 0 aliphatic carbocycles. The largest absolute Gasteiger partial charge is 0.179 e. The minimum atomic E-state index is 0.0598. The molecule has 0 N–H and O–H groups in total. The van der Waals surface area contributed by atoms with Gasteiger partial charge in [-0.1, -0.05) is 74.5 Å². The fourth-order valence-corrected chi connectivity index (χ4v) is 3.14. The molecule has 2 aromatic rings. The lowest BCUT2D eigenvalue weighted by molar-refractivity contribution is 0.587. The Hall–Kier alpha value is -1.05. The standard InChI is InChI=1S/C16H17ClSi/c1-16(2,18-17)15(13-9-5-3-6-10-13)14-11-7-4-8-12-14/h3-12,15H,1-2H3. The van der Waals surface area contributed by atoms with Gasteiger partial charge < -0.3 is 0 Å². The molecule has 0 fully saturated rings. The van der Waals surface area contributed by atoms with Gasteiger partial charge in [0.15, 0.2) is 8.83 Å². The van der Waals surface area contributed by atoms with E-state index in [1.165, 1.54) is 11.1 Å². The van der Waals surface area contributed by atoms with Crippen molar-refractivity contribution in [3.05, 3.63) is 71.8 Å². The molecule has 2 radical (unpaired) electrons. The summed E-state index contributed by atoms with van der Waals surface area (Å²) in [6.07, 6.45) is 0. The van der Waals surface area contributed by atoms with E-state index in [9.17, 15) is 0 Å². The summed E-state index contributed by atoms with van der Waals surface area (Å²) in [7, 11) is 0.388. The molecule has 18 heavy (non-hydrogen) atoms. The first-order valence-corrected chi connectivity index (χ1v) is 8.14. The summed E-state index contributed by atoms with van der Waals surface area (Å²) >= 11 is 6.22. The molecular weight excluding hydrogens is 256 g/mol. The monoisotopic (exact) mass is 272 g/mol. The molecule has 0 bridgehead atoms. The average molecular weight is 273 g/mol. The van der Waals surface area contributed by atoms with E-state index in [0.29, 0.717) is 14.7 Å². The summed E-state index contributed by atoms with van der Waals surface area (Å²) in [6.45, 7) is 4.48. The van der Waals surface area contributed by atoms with Crippen molar-refractivity contribution in [3.8, 4) is 0 Å². The van der Waals surface area contributed by atoms with Crippen molar-refractivity contribution in [3.63, 3.8) is 0 Å². The predicted molar refractivity (Wildman–Crippen MR) is 80.4 cm³/mol. The van der Waals surface area contributed by atoms with Gasteiger partial charge >= 0.3 is 0 Å². The number of hydrogen-bond acceptors (Lipinski definition) is 0. The Bertz CT molecular complexity index is 439. The van der Waals surface area contributed by atoms with Crippen LogP contribution in [0.3, 0.4) is 0 Å². The second kappa shape index (κ2) is 5.72. The third-order valence-electron chi connectivity index (χ3n) is 3.23. The van der Waals surface area contributed by atoms with Crippen molar-refractivity contribution in [2.24, 2.45) is 0 Å². The van der Waals surface area contributed by atoms with Crippen LogP contribution < -0.4 is 0 Å². The van der Waals surface area contributed by atoms with Crippen molar-refractivity contribution >= 4 is 19.9 Å². The van der Waals surface area contributed by atoms with E-state index in [0.717, 1.165) is 0 Å². The molecule has 0 spiro atoms. The number of hydrogen-bond donors (Lipinski definition) is 0. The second-order valence-corrected chi connectivity index (χ2v) is 7.12. The number of benzene rings is 2. The zero-order valence-corrected chi connectivity index (χ0v) is 12.5. The minimum absolute atomic E-state index is 0.0598. The summed E-state index contributed by atoms with van der Waals surface area (Å²) in [5, 5.41) is 0.0598. The van der Waals surface area contributed by atoms with E-state index in [4.69, 9.17) is 11.1 Å². The van der Waals surface area contributed by atoms with Gasteiger partial charge in [0.2, 0.25) is 0 Å². The molecule has 0 aliphatic heterocycles. The highest BCUT2D eigenvalue weighted by Gasteiger charge is 2.32. The Morgan fingerprint density at radius 2 is 1.22 bits per heavy atom. The van der Waals surface area contributed by atoms with Crippen LogP contribution in [0.4, 0.5) is 0 Å². The molecule has 2 rings (SSSR count). The van der Waals surface area contributed by atoms with E-state index in [1.54, 1.807) is 0 Å². The summed E-state index contributed by atoms with van der Waals surface area (Å²) in [4.78, 5) is 0. The molecule has 0 saturated heterocycles. The summed E-state index contributed by atoms with van der Waals surface area (Å²) < 4.78 is 0. The van der Waals surface area contributed by atoms with Gasteiger partial charge in [-0.25, -0.2) is 0 Å². The SMILES string of the molecule is CC(C)([Si]Cl)C(c1ccccc1)c1ccccc1. The molecule has 0 aliphatic rings. The first-order valence-electron chi connectivity index (χ1n) is 6.13. The molecule has 0 aromatic heterocycles. The smallest absolute Gasteiger partial charge is 0.171 e. The van der Waals surface area contributed by atoms with Gasteiger partial charge in [0.05, 0.1) is 0 Å². The molecule has 2 aromatic carbocycles. The fraction of sp³-hybridized carbons (Fsp3) is 0.250. The van der Waals surface area contributed by atoms with E-state index in [-0.39, 0.29) is 5.04 Å². The highest BCUT2D eigenvalue weighted by atomic mass is 35.6. The van der Waals surface area contributed by atoms with Gasteiger partial charge in [-0.05, 0) is 16.2 Å². The Balaban J connectivity index is 2.49.